The van der Waals surface area contributed by atoms with Crippen LogP contribution in [0.2, 0.25) is 0 Å². The lowest BCUT2D eigenvalue weighted by atomic mass is 9.66. The van der Waals surface area contributed by atoms with Crippen LogP contribution in [0.5, 0.6) is 0 Å². The Kier molecular flexibility index (Phi) is 19.9. The number of aliphatic carboxylic acids is 3. The summed E-state index contributed by atoms with van der Waals surface area (Å²) in [6.45, 7) is 5.28. The third-order valence-electron chi connectivity index (χ3n) is 8.69. The van der Waals surface area contributed by atoms with E-state index >= 15 is 0 Å². The van der Waals surface area contributed by atoms with E-state index in [0.717, 1.165) is 5.57 Å². The number of ether oxygens (including phenoxy) is 1. The molecule has 10 N–H and O–H groups in total. The minimum atomic E-state index is -1.22. The Bertz CT molecular complexity index is 1230. The average Bonchev–Trinajstić information content (AvgIpc) is 3.03. The lowest BCUT2D eigenvalue weighted by Crippen LogP contribution is -2.49. The number of carbonyl (C=O) groups excluding carboxylic acids is 3. The minimum absolute atomic E-state index is 0.0156. The van der Waals surface area contributed by atoms with Gasteiger partial charge >= 0.3 is 23.9 Å². The Morgan fingerprint density at radius 1 is 1.06 bits per heavy atom. The molecule has 0 unspecified atom stereocenters. The summed E-state index contributed by atoms with van der Waals surface area (Å²) in [6, 6.07) is -2.15. The van der Waals surface area contributed by atoms with Crippen molar-refractivity contribution in [2.45, 2.75) is 109 Å². The molecule has 16 nitrogen and oxygen atoms in total. The van der Waals surface area contributed by atoms with E-state index in [1.807, 2.05) is 26.0 Å². The first-order valence-electron chi connectivity index (χ1n) is 16.6. The lowest BCUT2D eigenvalue weighted by molar-refractivity contribution is -0.159. The monoisotopic (exact) mass is 731 g/mol. The zero-order chi connectivity index (χ0) is 38.1. The molecule has 2 rings (SSSR count). The smallest absolute Gasteiger partial charge is 0.322 e. The maximum atomic E-state index is 12.4. The predicted octanol–water partition coefficient (Wildman–Crippen LogP) is 0.234. The molecule has 0 aromatic rings. The number of thiol groups is 1. The normalized spacial score (nSPS) is 24.0. The maximum absolute atomic E-state index is 12.4. The molecule has 0 aromatic heterocycles. The van der Waals surface area contributed by atoms with Crippen LogP contribution in [0.3, 0.4) is 0 Å². The molecule has 0 spiro atoms. The number of rotatable bonds is 19. The molecule has 0 radical (unpaired) electrons. The summed E-state index contributed by atoms with van der Waals surface area (Å²) in [5.41, 5.74) is 6.19. The van der Waals surface area contributed by atoms with Crippen molar-refractivity contribution in [3.8, 4) is 0 Å². The standard InChI is InChI=1S/C23H36O7.C10H17N3O6S/c1-4-13(2)23(29)30-20-11-17(25)9-15-6-5-14(3)19(22(15)20)8-7-16(24)10-18(26)12-21(27)28;11-5(10(18)19)1-2-7(14)13-6(4-20)9(17)12-3-8(15)16/h5-6,9,13-14,16-20,22,24-26H,4,7-8,10-12H2,1-3H3,(H,27,28);5-6,20H,1-4,11H2,(H,12,17)(H,13,14)(H,15,16)(H,18,19)/t13-,14-,16+,17+,18+,19-,20-,22-;5-,6-/m00/s1. The molecule has 0 fully saturated rings. The highest BCUT2D eigenvalue weighted by molar-refractivity contribution is 7.80. The van der Waals surface area contributed by atoms with E-state index in [2.05, 4.69) is 36.3 Å². The first-order chi connectivity index (χ1) is 23.4. The van der Waals surface area contributed by atoms with Gasteiger partial charge in [-0.2, -0.15) is 12.6 Å². The van der Waals surface area contributed by atoms with Crippen LogP contribution in [-0.2, 0) is 33.5 Å². The zero-order valence-corrected chi connectivity index (χ0v) is 29.5. The number of fused-ring (bicyclic) bond motifs is 1. The van der Waals surface area contributed by atoms with E-state index in [4.69, 9.17) is 25.8 Å². The topological polar surface area (TPSA) is 283 Å². The largest absolute Gasteiger partial charge is 0.481 e. The summed E-state index contributed by atoms with van der Waals surface area (Å²) in [6.07, 6.45) is 4.40. The Morgan fingerprint density at radius 2 is 1.72 bits per heavy atom. The fraction of sp³-hybridized carbons (Fsp3) is 0.697. The van der Waals surface area contributed by atoms with Gasteiger partial charge in [-0.3, -0.25) is 28.8 Å². The van der Waals surface area contributed by atoms with Gasteiger partial charge in [-0.25, -0.2) is 0 Å². The van der Waals surface area contributed by atoms with Crippen LogP contribution in [0.25, 0.3) is 0 Å². The zero-order valence-electron chi connectivity index (χ0n) is 28.6. The Morgan fingerprint density at radius 3 is 2.28 bits per heavy atom. The van der Waals surface area contributed by atoms with E-state index in [0.29, 0.717) is 25.7 Å². The van der Waals surface area contributed by atoms with Gasteiger partial charge in [0.25, 0.3) is 0 Å². The average molecular weight is 732 g/mol. The summed E-state index contributed by atoms with van der Waals surface area (Å²) < 4.78 is 5.84. The van der Waals surface area contributed by atoms with Crippen molar-refractivity contribution in [3.05, 3.63) is 23.8 Å². The summed E-state index contributed by atoms with van der Waals surface area (Å²) in [7, 11) is 0. The number of nitrogens with one attached hydrogen (secondary N) is 2. The second-order valence-corrected chi connectivity index (χ2v) is 13.1. The van der Waals surface area contributed by atoms with Crippen molar-refractivity contribution in [3.63, 3.8) is 0 Å². The number of amides is 2. The summed E-state index contributed by atoms with van der Waals surface area (Å²) in [5, 5.41) is 60.4. The van der Waals surface area contributed by atoms with Crippen molar-refractivity contribution in [1.29, 1.82) is 0 Å². The highest BCUT2D eigenvalue weighted by atomic mass is 32.1. The molecule has 0 aliphatic heterocycles. The molecule has 50 heavy (non-hydrogen) atoms. The fourth-order valence-corrected chi connectivity index (χ4v) is 5.93. The first-order valence-corrected chi connectivity index (χ1v) is 17.3. The number of carboxylic acids is 3. The predicted molar refractivity (Wildman–Crippen MR) is 183 cm³/mol. The second-order valence-electron chi connectivity index (χ2n) is 12.8. The van der Waals surface area contributed by atoms with Crippen LogP contribution in [0, 0.1) is 23.7 Å². The molecule has 0 saturated heterocycles. The third kappa shape index (κ3) is 16.0. The van der Waals surface area contributed by atoms with Gasteiger partial charge in [-0.05, 0) is 49.5 Å². The van der Waals surface area contributed by atoms with Gasteiger partial charge in [0.1, 0.15) is 24.7 Å². The number of esters is 1. The van der Waals surface area contributed by atoms with Crippen molar-refractivity contribution < 1.29 is 64.1 Å². The summed E-state index contributed by atoms with van der Waals surface area (Å²) >= 11 is 3.87. The molecule has 2 aliphatic rings. The number of aliphatic hydroxyl groups is 3. The molecule has 2 amide bonds. The van der Waals surface area contributed by atoms with E-state index in [9.17, 15) is 44.1 Å². The summed E-state index contributed by atoms with van der Waals surface area (Å²) in [4.78, 5) is 66.9. The Hall–Kier alpha value is -3.51. The molecule has 10 atom stereocenters. The molecule has 0 bridgehead atoms. The van der Waals surface area contributed by atoms with E-state index in [1.54, 1.807) is 0 Å². The Labute approximate surface area is 296 Å². The van der Waals surface area contributed by atoms with E-state index < -0.39 is 72.8 Å². The van der Waals surface area contributed by atoms with Crippen molar-refractivity contribution in [1.82, 2.24) is 10.6 Å². The van der Waals surface area contributed by atoms with Gasteiger partial charge in [0.15, 0.2) is 0 Å². The van der Waals surface area contributed by atoms with Crippen LogP contribution in [-0.4, -0.2) is 115 Å². The van der Waals surface area contributed by atoms with E-state index in [-0.39, 0.29) is 61.1 Å². The van der Waals surface area contributed by atoms with Crippen LogP contribution in [0.4, 0.5) is 0 Å². The highest BCUT2D eigenvalue weighted by Gasteiger charge is 2.42. The first kappa shape index (κ1) is 44.5. The van der Waals surface area contributed by atoms with Gasteiger partial charge in [0, 0.05) is 24.5 Å². The summed E-state index contributed by atoms with van der Waals surface area (Å²) in [5.74, 6) is -5.01. The second kappa shape index (κ2) is 22.3. The number of carboxylic acid groups (broad SMARTS) is 3. The molecular formula is C33H53N3O13S. The molecule has 17 heteroatoms. The van der Waals surface area contributed by atoms with Gasteiger partial charge < -0.3 is 51.7 Å². The number of nitrogens with two attached hydrogens (primary N) is 1. The number of hydrogen-bond acceptors (Lipinski definition) is 12. The van der Waals surface area contributed by atoms with Gasteiger partial charge in [-0.1, -0.05) is 39.0 Å². The number of hydrogen-bond donors (Lipinski definition) is 10. The molecule has 0 heterocycles. The third-order valence-corrected chi connectivity index (χ3v) is 9.06. The molecular weight excluding hydrogens is 678 g/mol. The van der Waals surface area contributed by atoms with E-state index in [1.165, 1.54) is 0 Å². The number of aliphatic hydroxyl groups excluding tert-OH is 3. The maximum Gasteiger partial charge on any atom is 0.322 e. The minimum Gasteiger partial charge on any atom is -0.481 e. The SMILES string of the molecule is CC[C@H](C)C(=O)O[C@H]1C[C@H](O)C=C2C=C[C@H](C)[C@H](CC[C@@H](O)C[C@@H](O)CC(=O)O)[C@H]21.N[C@@H](CCC(=O)N[C@@H](CS)C(=O)NCC(=O)O)C(=O)O. The number of carbonyl (C=O) groups is 6. The van der Waals surface area contributed by atoms with Gasteiger partial charge in [0.05, 0.1) is 30.7 Å². The molecule has 0 saturated carbocycles. The van der Waals surface area contributed by atoms with Crippen LogP contribution in [0.15, 0.2) is 23.8 Å². The van der Waals surface area contributed by atoms with Gasteiger partial charge in [-0.15, -0.1) is 0 Å². The van der Waals surface area contributed by atoms with Crippen molar-refractivity contribution >= 4 is 48.3 Å². The Balaban J connectivity index is 0.000000546. The molecule has 2 aliphatic carbocycles. The molecule has 284 valence electrons. The van der Waals surface area contributed by atoms with Crippen LogP contribution >= 0.6 is 12.6 Å². The van der Waals surface area contributed by atoms with Gasteiger partial charge in [0.2, 0.25) is 11.8 Å². The molecule has 0 aromatic carbocycles. The quantitative estimate of drug-likeness (QED) is 0.0629. The van der Waals surface area contributed by atoms with Crippen molar-refractivity contribution in [2.75, 3.05) is 12.3 Å². The van der Waals surface area contributed by atoms with Crippen molar-refractivity contribution in [2.24, 2.45) is 29.4 Å². The fourth-order valence-electron chi connectivity index (χ4n) is 5.68. The van der Waals surface area contributed by atoms with Crippen LogP contribution in [0.1, 0.15) is 72.1 Å². The van der Waals surface area contributed by atoms with Crippen LogP contribution < -0.4 is 16.4 Å². The highest BCUT2D eigenvalue weighted by Crippen LogP contribution is 2.44. The lowest BCUT2D eigenvalue weighted by Gasteiger charge is -2.43. The number of allylic oxidation sites excluding steroid dienone is 2.